The van der Waals surface area contributed by atoms with Crippen molar-refractivity contribution in [3.63, 3.8) is 0 Å². The molecule has 0 amide bonds. The Morgan fingerprint density at radius 1 is 1.18 bits per heavy atom. The predicted molar refractivity (Wildman–Crippen MR) is 147 cm³/mol. The molecule has 4 rings (SSSR count). The Kier molecular flexibility index (Phi) is 8.60. The van der Waals surface area contributed by atoms with Crippen LogP contribution in [0.5, 0.6) is 11.5 Å². The molecule has 1 aromatic heterocycles. The van der Waals surface area contributed by atoms with Crippen LogP contribution in [0.4, 0.5) is 5.69 Å². The molecule has 10 nitrogen and oxygen atoms in total. The van der Waals surface area contributed by atoms with Crippen molar-refractivity contribution in [1.29, 1.82) is 0 Å². The summed E-state index contributed by atoms with van der Waals surface area (Å²) in [7, 11) is 2.80. The minimum Gasteiger partial charge on any atom is -0.493 e. The van der Waals surface area contributed by atoms with Crippen LogP contribution in [0, 0.1) is 10.1 Å². The minimum atomic E-state index is -0.857. The van der Waals surface area contributed by atoms with Gasteiger partial charge in [-0.25, -0.2) is 9.79 Å². The summed E-state index contributed by atoms with van der Waals surface area (Å²) in [6.07, 6.45) is 4.51. The highest BCUT2D eigenvalue weighted by Gasteiger charge is 2.33. The Morgan fingerprint density at radius 2 is 1.95 bits per heavy atom. The summed E-state index contributed by atoms with van der Waals surface area (Å²) in [4.78, 5) is 42.6. The number of methoxy groups -OCH3 is 2. The van der Waals surface area contributed by atoms with Gasteiger partial charge in [-0.15, -0.1) is 0 Å². The molecule has 0 aliphatic carbocycles. The van der Waals surface area contributed by atoms with E-state index in [1.807, 2.05) is 0 Å². The predicted octanol–water partition coefficient (Wildman–Crippen LogP) is 3.89. The molecule has 0 bridgehead atoms. The number of thiazole rings is 1. The van der Waals surface area contributed by atoms with Crippen molar-refractivity contribution < 1.29 is 23.9 Å². The molecule has 0 saturated heterocycles. The van der Waals surface area contributed by atoms with Gasteiger partial charge in [0.2, 0.25) is 0 Å². The standard InChI is InChI=1S/C28H29N3O7S/c1-5-6-9-14-38-21-13-12-19(15-22(21)36-3)25-24(27(33)37-4)17(2)29-28-30(25)26(32)23(39-28)16-18-10-7-8-11-20(18)31(34)35/h7-8,10-13,15-16,25H,5-6,9,14H2,1-4H3/b23-16-. The molecule has 1 unspecified atom stereocenters. The van der Waals surface area contributed by atoms with E-state index in [0.29, 0.717) is 39.7 Å². The van der Waals surface area contributed by atoms with Crippen LogP contribution in [-0.4, -0.2) is 36.3 Å². The van der Waals surface area contributed by atoms with Crippen molar-refractivity contribution in [2.45, 2.75) is 39.2 Å². The molecule has 0 spiro atoms. The Morgan fingerprint density at radius 3 is 2.64 bits per heavy atom. The van der Waals surface area contributed by atoms with Gasteiger partial charge in [-0.05, 0) is 43.2 Å². The molecule has 0 radical (unpaired) electrons. The number of para-hydroxylation sites is 1. The number of benzene rings is 2. The van der Waals surface area contributed by atoms with Crippen molar-refractivity contribution in [2.24, 2.45) is 4.99 Å². The van der Waals surface area contributed by atoms with E-state index in [1.165, 1.54) is 30.9 Å². The zero-order chi connectivity index (χ0) is 28.1. The van der Waals surface area contributed by atoms with E-state index in [-0.39, 0.29) is 15.8 Å². The number of ether oxygens (including phenoxy) is 3. The smallest absolute Gasteiger partial charge is 0.338 e. The van der Waals surface area contributed by atoms with Gasteiger partial charge in [0, 0.05) is 6.07 Å². The normalized spacial score (nSPS) is 15.0. The Balaban J connectivity index is 1.88. The molecule has 39 heavy (non-hydrogen) atoms. The van der Waals surface area contributed by atoms with Gasteiger partial charge in [-0.3, -0.25) is 19.5 Å². The lowest BCUT2D eigenvalue weighted by molar-refractivity contribution is -0.385. The number of aromatic nitrogens is 1. The minimum absolute atomic E-state index is 0.120. The fourth-order valence-corrected chi connectivity index (χ4v) is 5.47. The second-order valence-corrected chi connectivity index (χ2v) is 9.86. The molecule has 11 heteroatoms. The van der Waals surface area contributed by atoms with Gasteiger partial charge in [0.1, 0.15) is 0 Å². The first-order valence-electron chi connectivity index (χ1n) is 12.5. The van der Waals surface area contributed by atoms with Crippen LogP contribution in [0.15, 0.2) is 63.5 Å². The molecule has 2 aromatic carbocycles. The molecule has 0 saturated carbocycles. The van der Waals surface area contributed by atoms with Crippen LogP contribution >= 0.6 is 11.3 Å². The first kappa shape index (κ1) is 27.8. The zero-order valence-corrected chi connectivity index (χ0v) is 22.9. The van der Waals surface area contributed by atoms with Gasteiger partial charge in [0.05, 0.1) is 53.2 Å². The number of nitro benzene ring substituents is 1. The Labute approximate surface area is 228 Å². The third kappa shape index (κ3) is 5.63. The van der Waals surface area contributed by atoms with Crippen molar-refractivity contribution >= 4 is 29.1 Å². The van der Waals surface area contributed by atoms with E-state index >= 15 is 0 Å². The van der Waals surface area contributed by atoms with Gasteiger partial charge < -0.3 is 14.2 Å². The van der Waals surface area contributed by atoms with Crippen LogP contribution in [-0.2, 0) is 9.53 Å². The third-order valence-electron chi connectivity index (χ3n) is 6.36. The van der Waals surface area contributed by atoms with Crippen LogP contribution in [0.25, 0.3) is 6.08 Å². The lowest BCUT2D eigenvalue weighted by atomic mass is 9.95. The summed E-state index contributed by atoms with van der Waals surface area (Å²) in [5.74, 6) is 0.402. The number of esters is 1. The molecule has 0 N–H and O–H groups in total. The average molecular weight is 552 g/mol. The van der Waals surface area contributed by atoms with E-state index < -0.39 is 22.5 Å². The highest BCUT2D eigenvalue weighted by molar-refractivity contribution is 7.07. The second-order valence-electron chi connectivity index (χ2n) is 8.86. The van der Waals surface area contributed by atoms with Gasteiger partial charge >= 0.3 is 5.97 Å². The van der Waals surface area contributed by atoms with Crippen molar-refractivity contribution in [3.05, 3.63) is 94.7 Å². The molecule has 204 valence electrons. The van der Waals surface area contributed by atoms with Crippen LogP contribution in [0.2, 0.25) is 0 Å². The third-order valence-corrected chi connectivity index (χ3v) is 7.34. The molecule has 1 aliphatic heterocycles. The highest BCUT2D eigenvalue weighted by atomic mass is 32.1. The summed E-state index contributed by atoms with van der Waals surface area (Å²) >= 11 is 1.09. The van der Waals surface area contributed by atoms with E-state index in [4.69, 9.17) is 14.2 Å². The number of carbonyl (C=O) groups excluding carboxylic acids is 1. The summed E-state index contributed by atoms with van der Waals surface area (Å²) in [5, 5.41) is 11.5. The number of fused-ring (bicyclic) bond motifs is 1. The zero-order valence-electron chi connectivity index (χ0n) is 22.1. The number of rotatable bonds is 10. The maximum atomic E-state index is 13.8. The highest BCUT2D eigenvalue weighted by Crippen LogP contribution is 2.36. The number of allylic oxidation sites excluding steroid dienone is 1. The molecule has 3 aromatic rings. The summed E-state index contributed by atoms with van der Waals surface area (Å²) < 4.78 is 18.2. The van der Waals surface area contributed by atoms with Crippen LogP contribution in [0.3, 0.4) is 0 Å². The maximum Gasteiger partial charge on any atom is 0.338 e. The average Bonchev–Trinajstić information content (AvgIpc) is 3.24. The van der Waals surface area contributed by atoms with E-state index in [9.17, 15) is 19.7 Å². The molecular formula is C28H29N3O7S. The molecule has 1 atom stereocenters. The maximum absolute atomic E-state index is 13.8. The van der Waals surface area contributed by atoms with Gasteiger partial charge in [0.25, 0.3) is 11.2 Å². The van der Waals surface area contributed by atoms with Crippen LogP contribution in [0.1, 0.15) is 50.3 Å². The topological polar surface area (TPSA) is 122 Å². The SMILES string of the molecule is CCCCCOc1ccc(C2C(C(=O)OC)=C(C)N=c3s/c(=C\c4ccccc4[N+](=O)[O-])c(=O)n32)cc1OC. The second kappa shape index (κ2) is 12.1. The Bertz CT molecular complexity index is 1620. The van der Waals surface area contributed by atoms with Gasteiger partial charge in [-0.2, -0.15) is 0 Å². The molecule has 0 fully saturated rings. The first-order chi connectivity index (χ1) is 18.8. The number of carbonyl (C=O) groups is 1. The van der Waals surface area contributed by atoms with Crippen molar-refractivity contribution in [3.8, 4) is 11.5 Å². The number of hydrogen-bond acceptors (Lipinski definition) is 9. The van der Waals surface area contributed by atoms with Crippen molar-refractivity contribution in [1.82, 2.24) is 4.57 Å². The molecular weight excluding hydrogens is 522 g/mol. The quantitative estimate of drug-likeness (QED) is 0.162. The monoisotopic (exact) mass is 551 g/mol. The summed E-state index contributed by atoms with van der Waals surface area (Å²) in [5.41, 5.74) is 0.950. The Hall–Kier alpha value is -4.25. The fraction of sp³-hybridized carbons (Fsp3) is 0.321. The summed E-state index contributed by atoms with van der Waals surface area (Å²) in [6.45, 7) is 4.34. The van der Waals surface area contributed by atoms with Gasteiger partial charge in [0.15, 0.2) is 16.3 Å². The molecule has 1 aliphatic rings. The van der Waals surface area contributed by atoms with Gasteiger partial charge in [-0.1, -0.05) is 49.3 Å². The largest absolute Gasteiger partial charge is 0.493 e. The van der Waals surface area contributed by atoms with Crippen LogP contribution < -0.4 is 24.4 Å². The van der Waals surface area contributed by atoms with E-state index in [1.54, 1.807) is 43.3 Å². The number of hydrogen-bond donors (Lipinski definition) is 0. The van der Waals surface area contributed by atoms with E-state index in [2.05, 4.69) is 11.9 Å². The van der Waals surface area contributed by atoms with E-state index in [0.717, 1.165) is 30.6 Å². The molecule has 2 heterocycles. The number of unbranched alkanes of at least 4 members (excludes halogenated alkanes) is 2. The lowest BCUT2D eigenvalue weighted by Gasteiger charge is -2.25. The number of nitro groups is 1. The lowest BCUT2D eigenvalue weighted by Crippen LogP contribution is -2.39. The van der Waals surface area contributed by atoms with Crippen molar-refractivity contribution in [2.75, 3.05) is 20.8 Å². The summed E-state index contributed by atoms with van der Waals surface area (Å²) in [6, 6.07) is 10.6. The fourth-order valence-electron chi connectivity index (χ4n) is 4.43. The number of nitrogens with zero attached hydrogens (tertiary/aromatic N) is 3. The first-order valence-corrected chi connectivity index (χ1v) is 13.3.